The molecule has 2 aromatic heterocycles. The maximum Gasteiger partial charge on any atom is 0.336 e. The third-order valence-electron chi connectivity index (χ3n) is 7.18. The highest BCUT2D eigenvalue weighted by molar-refractivity contribution is 5.86. The van der Waals surface area contributed by atoms with Crippen molar-refractivity contribution >= 4 is 16.7 Å². The topological polar surface area (TPSA) is 110 Å². The first-order chi connectivity index (χ1) is 16.7. The normalized spacial score (nSPS) is 19.8. The molecule has 6 rings (SSSR count). The lowest BCUT2D eigenvalue weighted by atomic mass is 9.70. The molecule has 0 saturated carbocycles. The van der Waals surface area contributed by atoms with Gasteiger partial charge in [0.05, 0.1) is 22.9 Å². The minimum atomic E-state index is -0.632. The highest BCUT2D eigenvalue weighted by Crippen LogP contribution is 2.55. The number of nitro groups is 1. The van der Waals surface area contributed by atoms with Crippen LogP contribution in [0.4, 0.5) is 5.69 Å². The molecule has 0 saturated heterocycles. The van der Waals surface area contributed by atoms with Crippen LogP contribution in [0.1, 0.15) is 42.1 Å². The average molecular weight is 473 g/mol. The van der Waals surface area contributed by atoms with Crippen LogP contribution >= 0.6 is 0 Å². The predicted octanol–water partition coefficient (Wildman–Crippen LogP) is 4.82. The van der Waals surface area contributed by atoms with Crippen LogP contribution in [0.15, 0.2) is 51.7 Å². The number of hydrogen-bond acceptors (Lipinski definition) is 7. The molecule has 0 bridgehead atoms. The van der Waals surface area contributed by atoms with Gasteiger partial charge in [0.15, 0.2) is 0 Å². The molecule has 2 unspecified atom stereocenters. The maximum absolute atomic E-state index is 12.4. The summed E-state index contributed by atoms with van der Waals surface area (Å²) in [5, 5.41) is 16.7. The highest BCUT2D eigenvalue weighted by atomic mass is 16.6. The Kier molecular flexibility index (Phi) is 4.39. The van der Waals surface area contributed by atoms with E-state index in [9.17, 15) is 14.9 Å². The van der Waals surface area contributed by atoms with Gasteiger partial charge in [-0.05, 0) is 57.5 Å². The van der Waals surface area contributed by atoms with Crippen LogP contribution in [0.2, 0.25) is 0 Å². The van der Waals surface area contributed by atoms with Crippen molar-refractivity contribution in [2.75, 3.05) is 6.61 Å². The smallest absolute Gasteiger partial charge is 0.336 e. The van der Waals surface area contributed by atoms with Crippen molar-refractivity contribution in [2.45, 2.75) is 39.2 Å². The summed E-state index contributed by atoms with van der Waals surface area (Å²) in [6, 6.07) is 11.6. The predicted molar refractivity (Wildman–Crippen MR) is 128 cm³/mol. The molecular formula is C26H23N3O6. The van der Waals surface area contributed by atoms with Crippen molar-refractivity contribution in [2.24, 2.45) is 5.92 Å². The fraction of sp³-hybridized carbons (Fsp3) is 0.308. The van der Waals surface area contributed by atoms with E-state index in [1.54, 1.807) is 16.8 Å². The zero-order valence-electron chi connectivity index (χ0n) is 19.7. The molecule has 2 aliphatic heterocycles. The Labute approximate surface area is 200 Å². The Hall–Kier alpha value is -4.14. The fourth-order valence-corrected chi connectivity index (χ4v) is 5.42. The van der Waals surface area contributed by atoms with E-state index in [1.807, 2.05) is 39.8 Å². The summed E-state index contributed by atoms with van der Waals surface area (Å²) in [4.78, 5) is 23.0. The molecule has 0 amide bonds. The van der Waals surface area contributed by atoms with Crippen LogP contribution in [0.25, 0.3) is 16.7 Å². The van der Waals surface area contributed by atoms with E-state index in [0.29, 0.717) is 29.5 Å². The third-order valence-corrected chi connectivity index (χ3v) is 7.18. The molecule has 0 spiro atoms. The molecule has 2 aromatic carbocycles. The zero-order chi connectivity index (χ0) is 24.6. The number of nitro benzene ring substituents is 1. The van der Waals surface area contributed by atoms with Crippen molar-refractivity contribution in [3.63, 3.8) is 0 Å². The van der Waals surface area contributed by atoms with Gasteiger partial charge in [0.1, 0.15) is 16.9 Å². The van der Waals surface area contributed by atoms with Crippen LogP contribution in [0.3, 0.4) is 0 Å². The molecule has 2 aliphatic rings. The van der Waals surface area contributed by atoms with E-state index in [1.165, 1.54) is 18.2 Å². The van der Waals surface area contributed by atoms with E-state index < -0.39 is 16.1 Å². The first-order valence-corrected chi connectivity index (χ1v) is 11.4. The SMILES string of the molecule is Cc1nn(-c2ccc([N+](=O)[O-])cc2)c2c1C1c3c(ccc4c(C)cc(=O)oc34)OCC1C(C)(C)O2. The Morgan fingerprint density at radius 2 is 1.86 bits per heavy atom. The second-order valence-electron chi connectivity index (χ2n) is 9.69. The monoisotopic (exact) mass is 473 g/mol. The summed E-state index contributed by atoms with van der Waals surface area (Å²) in [7, 11) is 0. The van der Waals surface area contributed by atoms with Gasteiger partial charge in [-0.3, -0.25) is 10.1 Å². The summed E-state index contributed by atoms with van der Waals surface area (Å²) in [6.45, 7) is 8.27. The fourth-order valence-electron chi connectivity index (χ4n) is 5.42. The summed E-state index contributed by atoms with van der Waals surface area (Å²) in [5.41, 5.74) is 3.47. The van der Waals surface area contributed by atoms with Crippen LogP contribution in [0, 0.1) is 29.9 Å². The molecule has 4 heterocycles. The van der Waals surface area contributed by atoms with Gasteiger partial charge in [0, 0.05) is 46.5 Å². The maximum atomic E-state index is 12.4. The van der Waals surface area contributed by atoms with Crippen molar-refractivity contribution in [1.82, 2.24) is 9.78 Å². The van der Waals surface area contributed by atoms with Crippen LogP contribution in [-0.2, 0) is 0 Å². The van der Waals surface area contributed by atoms with Gasteiger partial charge in [-0.15, -0.1) is 0 Å². The lowest BCUT2D eigenvalue weighted by Crippen LogP contribution is -2.49. The summed E-state index contributed by atoms with van der Waals surface area (Å²) in [6.07, 6.45) is 0. The minimum absolute atomic E-state index is 0.00281. The first-order valence-electron chi connectivity index (χ1n) is 11.4. The van der Waals surface area contributed by atoms with Crippen LogP contribution < -0.4 is 15.1 Å². The van der Waals surface area contributed by atoms with Crippen molar-refractivity contribution in [3.8, 4) is 17.3 Å². The number of non-ortho nitro benzene ring substituents is 1. The number of hydrogen-bond donors (Lipinski definition) is 0. The number of rotatable bonds is 2. The van der Waals surface area contributed by atoms with E-state index >= 15 is 0 Å². The molecular weight excluding hydrogens is 450 g/mol. The first kappa shape index (κ1) is 21.4. The highest BCUT2D eigenvalue weighted by Gasteiger charge is 2.51. The summed E-state index contributed by atoms with van der Waals surface area (Å²) >= 11 is 0. The van der Waals surface area contributed by atoms with Gasteiger partial charge in [0.2, 0.25) is 5.88 Å². The molecule has 0 N–H and O–H groups in total. The van der Waals surface area contributed by atoms with E-state index in [-0.39, 0.29) is 17.5 Å². The Balaban J connectivity index is 1.62. The van der Waals surface area contributed by atoms with Gasteiger partial charge >= 0.3 is 5.63 Å². The lowest BCUT2D eigenvalue weighted by molar-refractivity contribution is -0.384. The molecule has 2 atom stereocenters. The Bertz CT molecular complexity index is 1580. The van der Waals surface area contributed by atoms with Crippen molar-refractivity contribution in [1.29, 1.82) is 0 Å². The van der Waals surface area contributed by atoms with Gasteiger partial charge in [-0.1, -0.05) is 0 Å². The lowest BCUT2D eigenvalue weighted by Gasteiger charge is -2.46. The average Bonchev–Trinajstić information content (AvgIpc) is 3.13. The van der Waals surface area contributed by atoms with E-state index in [0.717, 1.165) is 27.8 Å². The molecule has 0 radical (unpaired) electrons. The van der Waals surface area contributed by atoms with Gasteiger partial charge < -0.3 is 13.9 Å². The zero-order valence-corrected chi connectivity index (χ0v) is 19.7. The summed E-state index contributed by atoms with van der Waals surface area (Å²) < 4.78 is 20.2. The number of aromatic nitrogens is 2. The molecule has 0 aliphatic carbocycles. The van der Waals surface area contributed by atoms with Crippen molar-refractivity contribution < 1.29 is 18.8 Å². The second kappa shape index (κ2) is 7.18. The summed E-state index contributed by atoms with van der Waals surface area (Å²) in [5.74, 6) is 1.01. The molecule has 35 heavy (non-hydrogen) atoms. The molecule has 9 heteroatoms. The van der Waals surface area contributed by atoms with Crippen LogP contribution in [-0.4, -0.2) is 26.9 Å². The number of ether oxygens (including phenoxy) is 2. The second-order valence-corrected chi connectivity index (χ2v) is 9.69. The minimum Gasteiger partial charge on any atom is -0.493 e. The standard InChI is InChI=1S/C26H23N3O6/c1-13-11-20(30)34-24-17(13)9-10-19-23(24)22-18(12-33-19)26(3,4)35-25-21(22)14(2)27-28(25)15-5-7-16(8-6-15)29(31)32/h5-11,18,22H,12H2,1-4H3. The van der Waals surface area contributed by atoms with E-state index in [2.05, 4.69) is 0 Å². The van der Waals surface area contributed by atoms with Gasteiger partial charge in [-0.2, -0.15) is 5.10 Å². The van der Waals surface area contributed by atoms with Crippen LogP contribution in [0.5, 0.6) is 11.6 Å². The van der Waals surface area contributed by atoms with E-state index in [4.69, 9.17) is 19.0 Å². The molecule has 0 fully saturated rings. The molecule has 178 valence electrons. The molecule has 4 aromatic rings. The number of aryl methyl sites for hydroxylation is 2. The van der Waals surface area contributed by atoms with Gasteiger partial charge in [-0.25, -0.2) is 9.48 Å². The number of nitrogens with zero attached hydrogens (tertiary/aromatic N) is 3. The van der Waals surface area contributed by atoms with Gasteiger partial charge in [0.25, 0.3) is 5.69 Å². The van der Waals surface area contributed by atoms with Crippen molar-refractivity contribution in [3.05, 3.63) is 85.4 Å². The number of benzene rings is 2. The number of fused-ring (bicyclic) bond motifs is 7. The molecule has 9 nitrogen and oxygen atoms in total. The largest absolute Gasteiger partial charge is 0.493 e. The Morgan fingerprint density at radius 3 is 2.57 bits per heavy atom. The third kappa shape index (κ3) is 3.07. The quantitative estimate of drug-likeness (QED) is 0.233. The Morgan fingerprint density at radius 1 is 1.11 bits per heavy atom.